The molecule has 140 valence electrons. The van der Waals surface area contributed by atoms with Gasteiger partial charge in [-0.2, -0.15) is 0 Å². The van der Waals surface area contributed by atoms with E-state index >= 15 is 0 Å². The highest BCUT2D eigenvalue weighted by atomic mass is 19.1. The van der Waals surface area contributed by atoms with Crippen LogP contribution in [-0.2, 0) is 6.54 Å². The highest BCUT2D eigenvalue weighted by Crippen LogP contribution is 2.14. The van der Waals surface area contributed by atoms with Crippen molar-refractivity contribution in [2.45, 2.75) is 13.5 Å². The number of carbonyl (C=O) groups excluding carboxylic acids is 1. The Morgan fingerprint density at radius 3 is 2.78 bits per heavy atom. The lowest BCUT2D eigenvalue weighted by molar-refractivity contribution is 0.0948. The highest BCUT2D eigenvalue weighted by molar-refractivity contribution is 5.94. The SMILES string of the molecule is CCOc1c(=O)c(C(=O)NCc2ccc(F)cc2F)cn2ccoc(=O)c12. The molecule has 1 amide bonds. The normalized spacial score (nSPS) is 10.8. The van der Waals surface area contributed by atoms with Gasteiger partial charge >= 0.3 is 5.63 Å². The number of nitrogens with zero attached hydrogens (tertiary/aromatic N) is 1. The third-order valence-electron chi connectivity index (χ3n) is 3.77. The molecule has 0 atom stereocenters. The van der Waals surface area contributed by atoms with E-state index in [1.165, 1.54) is 16.7 Å². The van der Waals surface area contributed by atoms with Gasteiger partial charge in [0, 0.05) is 30.6 Å². The third kappa shape index (κ3) is 3.57. The molecular formula is C18H14F2N2O5. The molecule has 1 N–H and O–H groups in total. The number of hydrogen-bond acceptors (Lipinski definition) is 5. The van der Waals surface area contributed by atoms with E-state index in [9.17, 15) is 23.2 Å². The maximum atomic E-state index is 13.7. The Kier molecular flexibility index (Phi) is 5.02. The Hall–Kier alpha value is -3.49. The summed E-state index contributed by atoms with van der Waals surface area (Å²) in [5.74, 6) is -2.67. The summed E-state index contributed by atoms with van der Waals surface area (Å²) in [6, 6.07) is 2.94. The number of aromatic nitrogens is 1. The molecule has 0 fully saturated rings. The third-order valence-corrected chi connectivity index (χ3v) is 3.77. The van der Waals surface area contributed by atoms with Gasteiger partial charge in [-0.25, -0.2) is 13.6 Å². The van der Waals surface area contributed by atoms with Crippen LogP contribution in [0, 0.1) is 11.6 Å². The zero-order chi connectivity index (χ0) is 19.6. The molecular weight excluding hydrogens is 362 g/mol. The van der Waals surface area contributed by atoms with Crippen molar-refractivity contribution in [3.63, 3.8) is 0 Å². The molecule has 1 aromatic carbocycles. The van der Waals surface area contributed by atoms with Crippen LogP contribution in [0.4, 0.5) is 8.78 Å². The fourth-order valence-electron chi connectivity index (χ4n) is 2.51. The smallest absolute Gasteiger partial charge is 0.364 e. The first-order valence-electron chi connectivity index (χ1n) is 7.94. The predicted molar refractivity (Wildman–Crippen MR) is 90.9 cm³/mol. The Bertz CT molecular complexity index is 1140. The number of benzene rings is 1. The first kappa shape index (κ1) is 18.3. The van der Waals surface area contributed by atoms with Crippen molar-refractivity contribution >= 4 is 11.4 Å². The summed E-state index contributed by atoms with van der Waals surface area (Å²) in [6.07, 6.45) is 3.60. The van der Waals surface area contributed by atoms with Gasteiger partial charge in [-0.15, -0.1) is 0 Å². The van der Waals surface area contributed by atoms with Gasteiger partial charge in [-0.3, -0.25) is 9.59 Å². The van der Waals surface area contributed by atoms with Crippen molar-refractivity contribution in [1.29, 1.82) is 0 Å². The van der Waals surface area contributed by atoms with Crippen LogP contribution in [0.5, 0.6) is 5.75 Å². The minimum absolute atomic E-state index is 0.0521. The van der Waals surface area contributed by atoms with Crippen LogP contribution in [0.25, 0.3) is 5.52 Å². The van der Waals surface area contributed by atoms with Crippen molar-refractivity contribution in [2.24, 2.45) is 0 Å². The van der Waals surface area contributed by atoms with Gasteiger partial charge in [0.1, 0.15) is 23.5 Å². The second-order valence-electron chi connectivity index (χ2n) is 5.50. The zero-order valence-corrected chi connectivity index (χ0v) is 14.1. The van der Waals surface area contributed by atoms with E-state index in [0.717, 1.165) is 18.5 Å². The van der Waals surface area contributed by atoms with Gasteiger partial charge in [-0.05, 0) is 13.0 Å². The maximum absolute atomic E-state index is 13.7. The number of rotatable bonds is 5. The molecule has 3 rings (SSSR count). The average Bonchev–Trinajstić information content (AvgIpc) is 2.63. The molecule has 0 bridgehead atoms. The van der Waals surface area contributed by atoms with Crippen LogP contribution in [0.2, 0.25) is 0 Å². The van der Waals surface area contributed by atoms with Crippen LogP contribution in [0.3, 0.4) is 0 Å². The summed E-state index contributed by atoms with van der Waals surface area (Å²) in [6.45, 7) is 1.45. The molecule has 0 spiro atoms. The van der Waals surface area contributed by atoms with Crippen LogP contribution >= 0.6 is 0 Å². The van der Waals surface area contributed by atoms with Crippen molar-refractivity contribution in [3.8, 4) is 5.75 Å². The van der Waals surface area contributed by atoms with Crippen molar-refractivity contribution in [3.05, 3.63) is 80.3 Å². The van der Waals surface area contributed by atoms with Crippen LogP contribution < -0.4 is 21.1 Å². The predicted octanol–water partition coefficient (Wildman–Crippen LogP) is 1.86. The van der Waals surface area contributed by atoms with Gasteiger partial charge in [-0.1, -0.05) is 6.07 Å². The van der Waals surface area contributed by atoms with Crippen LogP contribution in [-0.4, -0.2) is 16.9 Å². The molecule has 0 aliphatic rings. The average molecular weight is 376 g/mol. The molecule has 7 nitrogen and oxygen atoms in total. The van der Waals surface area contributed by atoms with E-state index in [1.54, 1.807) is 6.92 Å². The summed E-state index contributed by atoms with van der Waals surface area (Å²) in [5, 5.41) is 2.39. The highest BCUT2D eigenvalue weighted by Gasteiger charge is 2.20. The van der Waals surface area contributed by atoms with Gasteiger partial charge in [0.05, 0.1) is 6.61 Å². The first-order valence-corrected chi connectivity index (χ1v) is 7.94. The molecule has 3 aromatic rings. The molecule has 0 unspecified atom stereocenters. The summed E-state index contributed by atoms with van der Waals surface area (Å²) in [4.78, 5) is 36.9. The number of pyridine rings is 1. The molecule has 27 heavy (non-hydrogen) atoms. The maximum Gasteiger partial charge on any atom is 0.364 e. The lowest BCUT2D eigenvalue weighted by Gasteiger charge is -2.10. The standard InChI is InChI=1S/C18H14F2N2O5/c1-2-26-16-14-18(25)27-6-5-22(14)9-12(15(16)23)17(24)21-8-10-3-4-11(19)7-13(10)20/h3-7,9H,2,8H2,1H3,(H,21,24). The van der Waals surface area contributed by atoms with Crippen molar-refractivity contribution in [2.75, 3.05) is 6.61 Å². The molecule has 0 saturated carbocycles. The van der Waals surface area contributed by atoms with Crippen molar-refractivity contribution in [1.82, 2.24) is 9.72 Å². The van der Waals surface area contributed by atoms with E-state index in [1.807, 2.05) is 0 Å². The molecule has 0 aliphatic heterocycles. The minimum atomic E-state index is -0.821. The fraction of sp³-hybridized carbons (Fsp3) is 0.167. The fourth-order valence-corrected chi connectivity index (χ4v) is 2.51. The van der Waals surface area contributed by atoms with E-state index in [0.29, 0.717) is 6.07 Å². The number of fused-ring (bicyclic) bond motifs is 1. The van der Waals surface area contributed by atoms with Gasteiger partial charge in [0.15, 0.2) is 11.3 Å². The van der Waals surface area contributed by atoms with Crippen LogP contribution in [0.15, 0.2) is 50.9 Å². The van der Waals surface area contributed by atoms with Crippen LogP contribution in [0.1, 0.15) is 22.8 Å². The van der Waals surface area contributed by atoms with E-state index in [4.69, 9.17) is 9.15 Å². The number of amides is 1. The summed E-state index contributed by atoms with van der Waals surface area (Å²) in [5.41, 5.74) is -1.98. The largest absolute Gasteiger partial charge is 0.488 e. The number of carbonyl (C=O) groups is 1. The van der Waals surface area contributed by atoms with E-state index in [2.05, 4.69) is 5.32 Å². The molecule has 9 heteroatoms. The number of nitrogens with one attached hydrogen (secondary N) is 1. The topological polar surface area (TPSA) is 90.0 Å². The van der Waals surface area contributed by atoms with E-state index in [-0.39, 0.29) is 35.5 Å². The molecule has 2 heterocycles. The Balaban J connectivity index is 1.98. The number of halogens is 2. The minimum Gasteiger partial charge on any atom is -0.488 e. The van der Waals surface area contributed by atoms with E-state index < -0.39 is 28.6 Å². The zero-order valence-electron chi connectivity index (χ0n) is 14.1. The monoisotopic (exact) mass is 376 g/mol. The molecule has 0 saturated heterocycles. The molecule has 0 radical (unpaired) electrons. The quantitative estimate of drug-likeness (QED) is 0.734. The molecule has 0 aliphatic carbocycles. The lowest BCUT2D eigenvalue weighted by atomic mass is 10.2. The number of ether oxygens (including phenoxy) is 1. The summed E-state index contributed by atoms with van der Waals surface area (Å²) >= 11 is 0. The van der Waals surface area contributed by atoms with Gasteiger partial charge < -0.3 is 18.9 Å². The first-order chi connectivity index (χ1) is 12.9. The Morgan fingerprint density at radius 1 is 1.30 bits per heavy atom. The van der Waals surface area contributed by atoms with Gasteiger partial charge in [0.25, 0.3) is 5.91 Å². The Morgan fingerprint density at radius 2 is 2.07 bits per heavy atom. The second kappa shape index (κ2) is 7.40. The summed E-state index contributed by atoms with van der Waals surface area (Å²) in [7, 11) is 0. The Labute approximate surface area is 150 Å². The second-order valence-corrected chi connectivity index (χ2v) is 5.50. The lowest BCUT2D eigenvalue weighted by Crippen LogP contribution is -2.30. The molecule has 2 aromatic heterocycles. The van der Waals surface area contributed by atoms with Crippen molar-refractivity contribution < 1.29 is 22.7 Å². The van der Waals surface area contributed by atoms with Gasteiger partial charge in [0.2, 0.25) is 5.43 Å². The number of hydrogen-bond donors (Lipinski definition) is 1. The summed E-state index contributed by atoms with van der Waals surface area (Å²) < 4.78 is 37.8.